The predicted molar refractivity (Wildman–Crippen MR) is 132 cm³/mol. The molecule has 0 aliphatic carbocycles. The lowest BCUT2D eigenvalue weighted by atomic mass is 9.78. The fraction of sp³-hybridized carbons (Fsp3) is 0.440. The molecule has 0 saturated heterocycles. The van der Waals surface area contributed by atoms with Crippen LogP contribution in [0.5, 0.6) is 5.75 Å². The zero-order chi connectivity index (χ0) is 28.3. The fourth-order valence-electron chi connectivity index (χ4n) is 4.39. The van der Waals surface area contributed by atoms with Gasteiger partial charge in [-0.3, -0.25) is 4.79 Å². The number of rotatable bonds is 10. The monoisotopic (exact) mass is 573 g/mol. The van der Waals surface area contributed by atoms with Crippen LogP contribution in [-0.4, -0.2) is 45.5 Å². The van der Waals surface area contributed by atoms with Gasteiger partial charge < -0.3 is 10.1 Å². The first-order chi connectivity index (χ1) is 18.4. The lowest BCUT2D eigenvalue weighted by Gasteiger charge is -2.41. The molecule has 14 heteroatoms. The second kappa shape index (κ2) is 11.4. The maximum Gasteiger partial charge on any atom is 0.416 e. The van der Waals surface area contributed by atoms with Gasteiger partial charge in [0, 0.05) is 22.6 Å². The predicted octanol–water partition coefficient (Wildman–Crippen LogP) is 6.21. The number of aromatic nitrogens is 4. The Morgan fingerprint density at radius 2 is 1.77 bits per heavy atom. The smallest absolute Gasteiger partial charge is 0.416 e. The summed E-state index contributed by atoms with van der Waals surface area (Å²) >= 11 is 1.30. The number of alkyl halides is 6. The van der Waals surface area contributed by atoms with E-state index < -0.39 is 36.6 Å². The standard InChI is InChI=1S/C25H25F6N5O2S/c1-2-17-10-11-19(39-17)18-14-23(25(29,30)31,32-22(37)20(18)21-33-35-36-34-21)15-6-8-16(9-7-15)38-13-5-3-4-12-24(26,27)28/h6-11H,2-5,12-14H2,1H3,(H,32,37)(H,33,34,35,36)/t23-/m0/s1. The Balaban J connectivity index is 1.60. The Morgan fingerprint density at radius 3 is 2.36 bits per heavy atom. The molecule has 0 radical (unpaired) electrons. The van der Waals surface area contributed by atoms with E-state index in [2.05, 4.69) is 25.9 Å². The molecule has 1 amide bonds. The largest absolute Gasteiger partial charge is 0.494 e. The average molecular weight is 574 g/mol. The highest BCUT2D eigenvalue weighted by molar-refractivity contribution is 7.13. The normalized spacial score (nSPS) is 18.4. The Morgan fingerprint density at radius 1 is 1.03 bits per heavy atom. The maximum absolute atomic E-state index is 14.8. The number of carbonyl (C=O) groups is 1. The van der Waals surface area contributed by atoms with Crippen molar-refractivity contribution < 1.29 is 35.9 Å². The molecule has 0 fully saturated rings. The third-order valence-electron chi connectivity index (χ3n) is 6.39. The maximum atomic E-state index is 14.8. The van der Waals surface area contributed by atoms with Crippen molar-refractivity contribution in [1.82, 2.24) is 25.9 Å². The number of unbranched alkanes of at least 4 members (excludes halogenated alkanes) is 2. The van der Waals surface area contributed by atoms with Crippen molar-refractivity contribution in [3.63, 3.8) is 0 Å². The molecule has 1 aliphatic heterocycles. The van der Waals surface area contributed by atoms with E-state index in [4.69, 9.17) is 4.74 Å². The van der Waals surface area contributed by atoms with Crippen molar-refractivity contribution in [2.75, 3.05) is 6.61 Å². The number of H-pyrrole nitrogens is 1. The van der Waals surface area contributed by atoms with E-state index in [1.54, 1.807) is 12.1 Å². The first kappa shape index (κ1) is 28.6. The first-order valence-corrected chi connectivity index (χ1v) is 13.0. The Hall–Kier alpha value is -3.42. The van der Waals surface area contributed by atoms with Crippen molar-refractivity contribution >= 4 is 28.4 Å². The fourth-order valence-corrected chi connectivity index (χ4v) is 5.38. The van der Waals surface area contributed by atoms with Crippen molar-refractivity contribution in [3.8, 4) is 5.75 Å². The van der Waals surface area contributed by atoms with Crippen LogP contribution in [0.25, 0.3) is 11.1 Å². The van der Waals surface area contributed by atoms with Crippen LogP contribution in [0.4, 0.5) is 26.3 Å². The van der Waals surface area contributed by atoms with Gasteiger partial charge in [0.2, 0.25) is 0 Å². The van der Waals surface area contributed by atoms with Gasteiger partial charge in [0.15, 0.2) is 11.4 Å². The summed E-state index contributed by atoms with van der Waals surface area (Å²) in [5.74, 6) is -0.745. The first-order valence-electron chi connectivity index (χ1n) is 12.2. The van der Waals surface area contributed by atoms with Gasteiger partial charge in [-0.15, -0.1) is 16.4 Å². The molecule has 0 bridgehead atoms. The number of hydrogen-bond donors (Lipinski definition) is 2. The van der Waals surface area contributed by atoms with Gasteiger partial charge in [-0.1, -0.05) is 19.1 Å². The summed E-state index contributed by atoms with van der Waals surface area (Å²) in [6, 6.07) is 8.66. The number of halogens is 6. The molecule has 7 nitrogen and oxygen atoms in total. The SMILES string of the molecule is CCc1ccc(C2=C(c3nnn[nH]3)C(=O)N[C@@](c3ccc(OCCCCCC(F)(F)F)cc3)(C(F)(F)F)C2)s1. The second-order valence-electron chi connectivity index (χ2n) is 9.06. The summed E-state index contributed by atoms with van der Waals surface area (Å²) in [5, 5.41) is 15.3. The van der Waals surface area contributed by atoms with Crippen LogP contribution >= 0.6 is 11.3 Å². The summed E-state index contributed by atoms with van der Waals surface area (Å²) in [4.78, 5) is 14.7. The summed E-state index contributed by atoms with van der Waals surface area (Å²) in [6.07, 6.45) is -9.21. The topological polar surface area (TPSA) is 92.8 Å². The van der Waals surface area contributed by atoms with Gasteiger partial charge in [0.25, 0.3) is 5.91 Å². The molecular weight excluding hydrogens is 548 g/mol. The molecule has 3 heterocycles. The number of tetrazole rings is 1. The number of carbonyl (C=O) groups excluding carboxylic acids is 1. The number of aromatic amines is 1. The van der Waals surface area contributed by atoms with Crippen LogP contribution in [-0.2, 0) is 16.8 Å². The highest BCUT2D eigenvalue weighted by Gasteiger charge is 2.60. The number of hydrogen-bond acceptors (Lipinski definition) is 6. The van der Waals surface area contributed by atoms with Crippen LogP contribution in [0.3, 0.4) is 0 Å². The van der Waals surface area contributed by atoms with Gasteiger partial charge in [-0.05, 0) is 71.5 Å². The minimum Gasteiger partial charge on any atom is -0.494 e. The lowest BCUT2D eigenvalue weighted by molar-refractivity contribution is -0.201. The number of nitrogens with zero attached hydrogens (tertiary/aromatic N) is 3. The molecule has 39 heavy (non-hydrogen) atoms. The number of benzene rings is 1. The van der Waals surface area contributed by atoms with Gasteiger partial charge in [0.1, 0.15) is 5.75 Å². The highest BCUT2D eigenvalue weighted by atomic mass is 32.1. The average Bonchev–Trinajstić information content (AvgIpc) is 3.57. The summed E-state index contributed by atoms with van der Waals surface area (Å²) in [7, 11) is 0. The molecule has 2 aromatic heterocycles. The molecule has 3 aromatic rings. The van der Waals surface area contributed by atoms with Crippen LogP contribution < -0.4 is 10.1 Å². The van der Waals surface area contributed by atoms with Crippen molar-refractivity contribution in [2.45, 2.75) is 63.3 Å². The van der Waals surface area contributed by atoms with E-state index >= 15 is 0 Å². The van der Waals surface area contributed by atoms with Crippen molar-refractivity contribution in [2.24, 2.45) is 0 Å². The molecule has 1 aliphatic rings. The van der Waals surface area contributed by atoms with Crippen LogP contribution in [0.1, 0.15) is 60.2 Å². The van der Waals surface area contributed by atoms with E-state index in [0.717, 1.165) is 4.88 Å². The zero-order valence-corrected chi connectivity index (χ0v) is 21.6. The second-order valence-corrected chi connectivity index (χ2v) is 10.2. The van der Waals surface area contributed by atoms with Gasteiger partial charge >= 0.3 is 12.4 Å². The van der Waals surface area contributed by atoms with Gasteiger partial charge in [0.05, 0.1) is 12.2 Å². The molecule has 0 saturated carbocycles. The lowest BCUT2D eigenvalue weighted by Crippen LogP contribution is -2.58. The molecule has 4 rings (SSSR count). The number of aryl methyl sites for hydroxylation is 1. The molecule has 0 unspecified atom stereocenters. The zero-order valence-electron chi connectivity index (χ0n) is 20.7. The molecule has 1 atom stereocenters. The third kappa shape index (κ3) is 6.43. The molecule has 0 spiro atoms. The van der Waals surface area contributed by atoms with E-state index in [1.165, 1.54) is 35.6 Å². The highest BCUT2D eigenvalue weighted by Crippen LogP contribution is 2.50. The Bertz CT molecular complexity index is 1300. The quantitative estimate of drug-likeness (QED) is 0.222. The molecular formula is C25H25F6N5O2S. The number of ether oxygens (including phenoxy) is 1. The number of amides is 1. The van der Waals surface area contributed by atoms with E-state index in [-0.39, 0.29) is 41.3 Å². The minimum absolute atomic E-state index is 0.0223. The number of nitrogens with one attached hydrogen (secondary N) is 2. The van der Waals surface area contributed by atoms with Crippen LogP contribution in [0.15, 0.2) is 36.4 Å². The van der Waals surface area contributed by atoms with E-state index in [1.807, 2.05) is 6.92 Å². The van der Waals surface area contributed by atoms with Crippen LogP contribution in [0.2, 0.25) is 0 Å². The molecule has 1 aromatic carbocycles. The summed E-state index contributed by atoms with van der Waals surface area (Å²) < 4.78 is 86.6. The van der Waals surface area contributed by atoms with Gasteiger partial charge in [-0.25, -0.2) is 5.10 Å². The van der Waals surface area contributed by atoms with E-state index in [0.29, 0.717) is 24.1 Å². The van der Waals surface area contributed by atoms with Crippen molar-refractivity contribution in [1.29, 1.82) is 0 Å². The van der Waals surface area contributed by atoms with Crippen molar-refractivity contribution in [3.05, 3.63) is 57.5 Å². The Labute approximate surface area is 223 Å². The number of thiophene rings is 1. The third-order valence-corrected chi connectivity index (χ3v) is 7.68. The van der Waals surface area contributed by atoms with Crippen LogP contribution in [0, 0.1) is 0 Å². The Kier molecular flexibility index (Phi) is 8.33. The summed E-state index contributed by atoms with van der Waals surface area (Å²) in [5.41, 5.74) is -2.82. The minimum atomic E-state index is -4.87. The van der Waals surface area contributed by atoms with Gasteiger partial charge in [-0.2, -0.15) is 26.3 Å². The molecule has 2 N–H and O–H groups in total. The molecule has 210 valence electrons. The van der Waals surface area contributed by atoms with E-state index in [9.17, 15) is 31.1 Å². The summed E-state index contributed by atoms with van der Waals surface area (Å²) in [6.45, 7) is 2.04.